The van der Waals surface area contributed by atoms with Crippen molar-refractivity contribution in [1.82, 2.24) is 10.2 Å². The average Bonchev–Trinajstić information content (AvgIpc) is 2.38. The molecule has 1 aromatic carbocycles. The van der Waals surface area contributed by atoms with Crippen LogP contribution in [0.5, 0.6) is 0 Å². The third-order valence-electron chi connectivity index (χ3n) is 3.49. The number of nitrogens with one attached hydrogen (secondary N) is 1. The van der Waals surface area contributed by atoms with E-state index in [1.165, 1.54) is 6.07 Å². The van der Waals surface area contributed by atoms with Crippen LogP contribution in [0.3, 0.4) is 0 Å². The Balaban J connectivity index is 1.96. The number of benzene rings is 1. The molecule has 100 valence electrons. The van der Waals surface area contributed by atoms with E-state index in [1.54, 1.807) is 25.1 Å². The van der Waals surface area contributed by atoms with Gasteiger partial charge in [0.2, 0.25) is 0 Å². The molecule has 1 aromatic rings. The highest BCUT2D eigenvalue weighted by Crippen LogP contribution is 2.33. The van der Waals surface area contributed by atoms with Crippen LogP contribution < -0.4 is 5.32 Å². The van der Waals surface area contributed by atoms with Crippen molar-refractivity contribution in [2.45, 2.75) is 19.3 Å². The summed E-state index contributed by atoms with van der Waals surface area (Å²) < 4.78 is 28.3. The molecule has 1 fully saturated rings. The van der Waals surface area contributed by atoms with Crippen molar-refractivity contribution in [1.29, 1.82) is 0 Å². The van der Waals surface area contributed by atoms with Crippen LogP contribution in [0.1, 0.15) is 17.5 Å². The van der Waals surface area contributed by atoms with Crippen LogP contribution in [0.4, 0.5) is 8.78 Å². The fraction of sp³-hybridized carbons (Fsp3) is 0.571. The standard InChI is InChI=1S/C14H20F2N2/c1-12-4-2-3-5-13(12)14(15,16)6-9-18-10-7-17-8-11-18/h2-5,17H,6-11H2,1H3. The summed E-state index contributed by atoms with van der Waals surface area (Å²) >= 11 is 0. The Hall–Kier alpha value is -1.00. The highest BCUT2D eigenvalue weighted by atomic mass is 19.3. The van der Waals surface area contributed by atoms with Gasteiger partial charge in [-0.25, -0.2) is 8.78 Å². The van der Waals surface area contributed by atoms with E-state index in [0.29, 0.717) is 12.1 Å². The number of aryl methyl sites for hydroxylation is 1. The van der Waals surface area contributed by atoms with E-state index in [0.717, 1.165) is 26.2 Å². The summed E-state index contributed by atoms with van der Waals surface area (Å²) in [6, 6.07) is 6.76. The molecule has 0 unspecified atom stereocenters. The number of hydrogen-bond acceptors (Lipinski definition) is 2. The zero-order valence-electron chi connectivity index (χ0n) is 10.8. The maximum Gasteiger partial charge on any atom is 0.274 e. The molecule has 1 saturated heterocycles. The second kappa shape index (κ2) is 5.76. The lowest BCUT2D eigenvalue weighted by Gasteiger charge is -2.29. The molecule has 1 aliphatic heterocycles. The van der Waals surface area contributed by atoms with Crippen molar-refractivity contribution in [2.75, 3.05) is 32.7 Å². The van der Waals surface area contributed by atoms with Crippen molar-refractivity contribution >= 4 is 0 Å². The highest BCUT2D eigenvalue weighted by molar-refractivity contribution is 5.29. The largest absolute Gasteiger partial charge is 0.314 e. The lowest BCUT2D eigenvalue weighted by atomic mass is 10.00. The van der Waals surface area contributed by atoms with Crippen molar-refractivity contribution in [3.63, 3.8) is 0 Å². The summed E-state index contributed by atoms with van der Waals surface area (Å²) in [4.78, 5) is 2.10. The van der Waals surface area contributed by atoms with Gasteiger partial charge in [-0.2, -0.15) is 0 Å². The van der Waals surface area contributed by atoms with Gasteiger partial charge in [0.05, 0.1) is 0 Å². The molecule has 0 aliphatic carbocycles. The minimum absolute atomic E-state index is 0.0994. The van der Waals surface area contributed by atoms with Gasteiger partial charge in [-0.1, -0.05) is 24.3 Å². The van der Waals surface area contributed by atoms with Gasteiger partial charge in [0, 0.05) is 44.7 Å². The SMILES string of the molecule is Cc1ccccc1C(F)(F)CCN1CCNCC1. The molecule has 0 aromatic heterocycles. The summed E-state index contributed by atoms with van der Waals surface area (Å²) in [6.07, 6.45) is -0.0994. The smallest absolute Gasteiger partial charge is 0.274 e. The normalized spacial score (nSPS) is 17.9. The molecule has 0 amide bonds. The van der Waals surface area contributed by atoms with Crippen molar-refractivity contribution in [3.05, 3.63) is 35.4 Å². The van der Waals surface area contributed by atoms with Crippen molar-refractivity contribution in [3.8, 4) is 0 Å². The van der Waals surface area contributed by atoms with Crippen molar-refractivity contribution < 1.29 is 8.78 Å². The topological polar surface area (TPSA) is 15.3 Å². The van der Waals surface area contributed by atoms with Crippen LogP contribution in [0.2, 0.25) is 0 Å². The zero-order chi connectivity index (χ0) is 13.0. The Kier molecular flexibility index (Phi) is 4.30. The Morgan fingerprint density at radius 3 is 2.56 bits per heavy atom. The Labute approximate surface area is 107 Å². The molecule has 1 aliphatic rings. The van der Waals surface area contributed by atoms with Gasteiger partial charge in [-0.3, -0.25) is 0 Å². The number of alkyl halides is 2. The minimum Gasteiger partial charge on any atom is -0.314 e. The van der Waals surface area contributed by atoms with E-state index in [1.807, 2.05) is 0 Å². The first-order valence-corrected chi connectivity index (χ1v) is 6.46. The maximum atomic E-state index is 14.1. The molecule has 2 nitrogen and oxygen atoms in total. The Bertz CT molecular complexity index is 387. The summed E-state index contributed by atoms with van der Waals surface area (Å²) in [5.74, 6) is -2.73. The van der Waals surface area contributed by atoms with Crippen molar-refractivity contribution in [2.24, 2.45) is 0 Å². The highest BCUT2D eigenvalue weighted by Gasteiger charge is 2.33. The third kappa shape index (κ3) is 3.27. The summed E-state index contributed by atoms with van der Waals surface area (Å²) in [5, 5.41) is 3.22. The van der Waals surface area contributed by atoms with Gasteiger partial charge < -0.3 is 10.2 Å². The van der Waals surface area contributed by atoms with E-state index in [9.17, 15) is 8.78 Å². The molecule has 2 rings (SSSR count). The third-order valence-corrected chi connectivity index (χ3v) is 3.49. The predicted octanol–water partition coefficient (Wildman–Crippen LogP) is 2.38. The Morgan fingerprint density at radius 2 is 1.89 bits per heavy atom. The quantitative estimate of drug-likeness (QED) is 0.887. The number of halogens is 2. The lowest BCUT2D eigenvalue weighted by Crippen LogP contribution is -2.44. The molecule has 18 heavy (non-hydrogen) atoms. The molecule has 0 bridgehead atoms. The molecule has 1 N–H and O–H groups in total. The number of piperazine rings is 1. The first-order chi connectivity index (χ1) is 8.59. The van der Waals surface area contributed by atoms with E-state index < -0.39 is 5.92 Å². The van der Waals surface area contributed by atoms with E-state index >= 15 is 0 Å². The van der Waals surface area contributed by atoms with Gasteiger partial charge in [0.25, 0.3) is 5.92 Å². The van der Waals surface area contributed by atoms with E-state index in [2.05, 4.69) is 10.2 Å². The second-order valence-corrected chi connectivity index (χ2v) is 4.86. The fourth-order valence-corrected chi connectivity index (χ4v) is 2.35. The summed E-state index contributed by atoms with van der Waals surface area (Å²) in [5.41, 5.74) is 0.836. The van der Waals surface area contributed by atoms with Gasteiger partial charge in [0.15, 0.2) is 0 Å². The molecule has 0 atom stereocenters. The van der Waals surface area contributed by atoms with Gasteiger partial charge in [0.1, 0.15) is 0 Å². The molecule has 4 heteroatoms. The van der Waals surface area contributed by atoms with Gasteiger partial charge >= 0.3 is 0 Å². The second-order valence-electron chi connectivity index (χ2n) is 4.86. The van der Waals surface area contributed by atoms with Crippen LogP contribution in [0, 0.1) is 6.92 Å². The number of rotatable bonds is 4. The van der Waals surface area contributed by atoms with Crippen LogP contribution in [0.15, 0.2) is 24.3 Å². The van der Waals surface area contributed by atoms with E-state index in [-0.39, 0.29) is 12.0 Å². The first kappa shape index (κ1) is 13.4. The minimum atomic E-state index is -2.73. The molecular formula is C14H20F2N2. The van der Waals surface area contributed by atoms with E-state index in [4.69, 9.17) is 0 Å². The van der Waals surface area contributed by atoms with Gasteiger partial charge in [-0.05, 0) is 12.5 Å². The summed E-state index contributed by atoms with van der Waals surface area (Å²) in [7, 11) is 0. The predicted molar refractivity (Wildman–Crippen MR) is 69.0 cm³/mol. The maximum absolute atomic E-state index is 14.1. The summed E-state index contributed by atoms with van der Waals surface area (Å²) in [6.45, 7) is 5.73. The number of hydrogen-bond donors (Lipinski definition) is 1. The van der Waals surface area contributed by atoms with Crippen LogP contribution in [-0.4, -0.2) is 37.6 Å². The molecule has 0 saturated carbocycles. The first-order valence-electron chi connectivity index (χ1n) is 6.46. The molecule has 0 radical (unpaired) electrons. The fourth-order valence-electron chi connectivity index (χ4n) is 2.35. The molecule has 1 heterocycles. The zero-order valence-corrected chi connectivity index (χ0v) is 10.8. The van der Waals surface area contributed by atoms with Gasteiger partial charge in [-0.15, -0.1) is 0 Å². The lowest BCUT2D eigenvalue weighted by molar-refractivity contribution is -0.0231. The average molecular weight is 254 g/mol. The van der Waals surface area contributed by atoms with Crippen LogP contribution >= 0.6 is 0 Å². The Morgan fingerprint density at radius 1 is 1.22 bits per heavy atom. The monoisotopic (exact) mass is 254 g/mol. The van der Waals surface area contributed by atoms with Crippen LogP contribution in [0.25, 0.3) is 0 Å². The molecule has 0 spiro atoms. The van der Waals surface area contributed by atoms with Crippen LogP contribution in [-0.2, 0) is 5.92 Å². The number of nitrogens with zero attached hydrogens (tertiary/aromatic N) is 1. The molecular weight excluding hydrogens is 234 g/mol.